The highest BCUT2D eigenvalue weighted by Gasteiger charge is 2.27. The first-order valence-corrected chi connectivity index (χ1v) is 11.0. The topological polar surface area (TPSA) is 94.6 Å². The summed E-state index contributed by atoms with van der Waals surface area (Å²) in [6.45, 7) is 4.73. The van der Waals surface area contributed by atoms with Gasteiger partial charge in [-0.05, 0) is 57.2 Å². The molecule has 0 unspecified atom stereocenters. The second kappa shape index (κ2) is 9.96. The lowest BCUT2D eigenvalue weighted by molar-refractivity contribution is -0.149. The highest BCUT2D eigenvalue weighted by atomic mass is 16.5. The fourth-order valence-corrected chi connectivity index (χ4v) is 4.74. The van der Waals surface area contributed by atoms with Crippen LogP contribution in [0, 0.1) is 19.8 Å². The van der Waals surface area contributed by atoms with Gasteiger partial charge in [-0.3, -0.25) is 9.59 Å². The first-order chi connectivity index (χ1) is 14.4. The Morgan fingerprint density at radius 3 is 2.57 bits per heavy atom. The molecular weight excluding hydrogens is 382 g/mol. The van der Waals surface area contributed by atoms with E-state index in [0.29, 0.717) is 25.6 Å². The molecule has 2 amide bonds. The van der Waals surface area contributed by atoms with Crippen LogP contribution in [0.2, 0.25) is 0 Å². The molecule has 1 saturated carbocycles. The van der Waals surface area contributed by atoms with Gasteiger partial charge in [-0.2, -0.15) is 0 Å². The molecule has 1 aromatic rings. The zero-order chi connectivity index (χ0) is 21.7. The molecule has 30 heavy (non-hydrogen) atoms. The fourth-order valence-electron chi connectivity index (χ4n) is 4.74. The predicted octanol–water partition coefficient (Wildman–Crippen LogP) is 2.89. The molecule has 2 aliphatic rings. The number of esters is 1. The largest absolute Gasteiger partial charge is 0.452 e. The number of hydrogen-bond donors (Lipinski definition) is 1. The lowest BCUT2D eigenvalue weighted by Gasteiger charge is -2.30. The van der Waals surface area contributed by atoms with Gasteiger partial charge in [0.1, 0.15) is 0 Å². The number of ether oxygens (including phenoxy) is 1. The van der Waals surface area contributed by atoms with E-state index in [1.54, 1.807) is 11.0 Å². The molecule has 1 saturated heterocycles. The van der Waals surface area contributed by atoms with Crippen LogP contribution in [0.5, 0.6) is 0 Å². The second-order valence-corrected chi connectivity index (χ2v) is 8.51. The van der Waals surface area contributed by atoms with E-state index in [-0.39, 0.29) is 18.4 Å². The zero-order valence-electron chi connectivity index (χ0n) is 18.1. The molecule has 1 aliphatic carbocycles. The van der Waals surface area contributed by atoms with Crippen LogP contribution in [0.25, 0.3) is 6.08 Å². The number of primary amides is 1. The Labute approximate surface area is 178 Å². The lowest BCUT2D eigenvalue weighted by Crippen LogP contribution is -2.45. The third-order valence-electron chi connectivity index (χ3n) is 6.38. The Hall–Kier alpha value is -2.57. The summed E-state index contributed by atoms with van der Waals surface area (Å²) in [5.41, 5.74) is 8.71. The van der Waals surface area contributed by atoms with Gasteiger partial charge in [0.2, 0.25) is 5.91 Å². The summed E-state index contributed by atoms with van der Waals surface area (Å²) in [6, 6.07) is 2.63. The van der Waals surface area contributed by atoms with Gasteiger partial charge in [-0.15, -0.1) is 0 Å². The Bertz CT molecular complexity index is 821. The van der Waals surface area contributed by atoms with Gasteiger partial charge in [0.05, 0.1) is 5.92 Å². The van der Waals surface area contributed by atoms with Crippen molar-refractivity contribution in [2.75, 3.05) is 19.7 Å². The molecule has 0 bridgehead atoms. The number of aromatic nitrogens is 1. The quantitative estimate of drug-likeness (QED) is 0.571. The van der Waals surface area contributed by atoms with Crippen molar-refractivity contribution < 1.29 is 19.1 Å². The van der Waals surface area contributed by atoms with E-state index in [1.165, 1.54) is 43.9 Å². The van der Waals surface area contributed by atoms with Crippen LogP contribution in [-0.4, -0.2) is 46.9 Å². The van der Waals surface area contributed by atoms with Crippen molar-refractivity contribution in [2.24, 2.45) is 11.7 Å². The number of nitrogens with two attached hydrogens (primary N) is 1. The van der Waals surface area contributed by atoms with Gasteiger partial charge >= 0.3 is 5.97 Å². The smallest absolute Gasteiger partial charge is 0.331 e. The summed E-state index contributed by atoms with van der Waals surface area (Å²) in [5.74, 6) is -1.55. The maximum absolute atomic E-state index is 12.3. The van der Waals surface area contributed by atoms with Crippen molar-refractivity contribution in [3.05, 3.63) is 29.1 Å². The van der Waals surface area contributed by atoms with Gasteiger partial charge in [0, 0.05) is 36.6 Å². The van der Waals surface area contributed by atoms with Crippen LogP contribution in [0.4, 0.5) is 0 Å². The van der Waals surface area contributed by atoms with E-state index in [0.717, 1.165) is 17.7 Å². The van der Waals surface area contributed by atoms with Gasteiger partial charge in [-0.25, -0.2) is 4.79 Å². The van der Waals surface area contributed by atoms with Crippen LogP contribution in [0.1, 0.15) is 67.9 Å². The minimum Gasteiger partial charge on any atom is -0.452 e. The molecule has 164 valence electrons. The summed E-state index contributed by atoms with van der Waals surface area (Å²) in [4.78, 5) is 37.3. The molecule has 3 rings (SSSR count). The monoisotopic (exact) mass is 415 g/mol. The summed E-state index contributed by atoms with van der Waals surface area (Å²) in [6.07, 6.45) is 10.8. The van der Waals surface area contributed by atoms with E-state index in [2.05, 4.69) is 24.5 Å². The number of aryl methyl sites for hydroxylation is 1. The highest BCUT2D eigenvalue weighted by Crippen LogP contribution is 2.32. The first-order valence-electron chi connectivity index (χ1n) is 11.0. The van der Waals surface area contributed by atoms with Crippen molar-refractivity contribution in [1.82, 2.24) is 9.47 Å². The zero-order valence-corrected chi connectivity index (χ0v) is 18.1. The van der Waals surface area contributed by atoms with Gasteiger partial charge in [-0.1, -0.05) is 19.3 Å². The average Bonchev–Trinajstić information content (AvgIpc) is 3.04. The van der Waals surface area contributed by atoms with Crippen LogP contribution >= 0.6 is 0 Å². The van der Waals surface area contributed by atoms with Crippen LogP contribution in [-0.2, 0) is 19.1 Å². The van der Waals surface area contributed by atoms with E-state index in [1.807, 2.05) is 0 Å². The van der Waals surface area contributed by atoms with Gasteiger partial charge < -0.3 is 19.9 Å². The second-order valence-electron chi connectivity index (χ2n) is 8.51. The molecule has 2 fully saturated rings. The molecule has 0 radical (unpaired) electrons. The normalized spacial score (nSPS) is 20.5. The number of rotatable bonds is 6. The minimum absolute atomic E-state index is 0.293. The summed E-state index contributed by atoms with van der Waals surface area (Å²) < 4.78 is 7.52. The van der Waals surface area contributed by atoms with Crippen molar-refractivity contribution >= 4 is 23.9 Å². The van der Waals surface area contributed by atoms with Gasteiger partial charge in [0.25, 0.3) is 5.91 Å². The Morgan fingerprint density at radius 2 is 1.87 bits per heavy atom. The molecule has 2 N–H and O–H groups in total. The molecule has 0 aromatic carbocycles. The number of amides is 2. The summed E-state index contributed by atoms with van der Waals surface area (Å²) >= 11 is 0. The molecule has 1 atom stereocenters. The Morgan fingerprint density at radius 1 is 1.13 bits per heavy atom. The van der Waals surface area contributed by atoms with E-state index in [9.17, 15) is 14.4 Å². The first kappa shape index (κ1) is 22.1. The van der Waals surface area contributed by atoms with Crippen molar-refractivity contribution in [3.8, 4) is 0 Å². The van der Waals surface area contributed by atoms with E-state index >= 15 is 0 Å². The van der Waals surface area contributed by atoms with Gasteiger partial charge in [0.15, 0.2) is 6.61 Å². The maximum atomic E-state index is 12.3. The number of likely N-dealkylation sites (tertiary alicyclic amines) is 1. The van der Waals surface area contributed by atoms with Crippen molar-refractivity contribution in [2.45, 2.75) is 64.8 Å². The third kappa shape index (κ3) is 5.32. The van der Waals surface area contributed by atoms with Crippen LogP contribution < -0.4 is 5.73 Å². The fraction of sp³-hybridized carbons (Fsp3) is 0.609. The molecule has 7 nitrogen and oxygen atoms in total. The molecule has 1 aromatic heterocycles. The third-order valence-corrected chi connectivity index (χ3v) is 6.38. The molecule has 1 aliphatic heterocycles. The van der Waals surface area contributed by atoms with Crippen LogP contribution in [0.3, 0.4) is 0 Å². The molecule has 7 heteroatoms. The average molecular weight is 416 g/mol. The molecule has 0 spiro atoms. The summed E-state index contributed by atoms with van der Waals surface area (Å²) in [5, 5.41) is 0. The predicted molar refractivity (Wildman–Crippen MR) is 115 cm³/mol. The highest BCUT2D eigenvalue weighted by molar-refractivity contribution is 5.89. The lowest BCUT2D eigenvalue weighted by atomic mass is 9.95. The standard InChI is InChI=1S/C23H33N3O4/c1-16-13-18(17(2)26(16)20-8-4-3-5-9-20)10-11-22(28)30-15-21(27)25-12-6-7-19(14-25)23(24)29/h10-11,13,19-20H,3-9,12,14-15H2,1-2H3,(H2,24,29)/b11-10+/t19-/m1/s1. The maximum Gasteiger partial charge on any atom is 0.331 e. The minimum atomic E-state index is -0.547. The van der Waals surface area contributed by atoms with Crippen molar-refractivity contribution in [1.29, 1.82) is 0 Å². The van der Waals surface area contributed by atoms with Crippen LogP contribution in [0.15, 0.2) is 12.1 Å². The Kier molecular flexibility index (Phi) is 7.34. The number of nitrogens with zero attached hydrogens (tertiary/aromatic N) is 2. The number of carbonyl (C=O) groups is 3. The number of hydrogen-bond acceptors (Lipinski definition) is 4. The molecular formula is C23H33N3O4. The SMILES string of the molecule is Cc1cc(/C=C/C(=O)OCC(=O)N2CCC[C@@H](C(N)=O)C2)c(C)n1C1CCCCC1. The van der Waals surface area contributed by atoms with E-state index < -0.39 is 11.9 Å². The summed E-state index contributed by atoms with van der Waals surface area (Å²) in [7, 11) is 0. The molecule has 2 heterocycles. The number of piperidine rings is 1. The number of carbonyl (C=O) groups excluding carboxylic acids is 3. The van der Waals surface area contributed by atoms with E-state index in [4.69, 9.17) is 10.5 Å². The van der Waals surface area contributed by atoms with Crippen molar-refractivity contribution in [3.63, 3.8) is 0 Å². The Balaban J connectivity index is 1.53.